The van der Waals surface area contributed by atoms with Gasteiger partial charge < -0.3 is 4.74 Å². The predicted molar refractivity (Wildman–Crippen MR) is 88.3 cm³/mol. The van der Waals surface area contributed by atoms with Gasteiger partial charge in [0.2, 0.25) is 0 Å². The quantitative estimate of drug-likeness (QED) is 0.791. The minimum Gasteiger partial charge on any atom is -0.372 e. The molecule has 0 saturated carbocycles. The minimum absolute atomic E-state index is 0.0426. The van der Waals surface area contributed by atoms with E-state index in [-0.39, 0.29) is 11.5 Å². The van der Waals surface area contributed by atoms with Gasteiger partial charge in [-0.2, -0.15) is 0 Å². The molecule has 0 heterocycles. The number of amides is 1. The van der Waals surface area contributed by atoms with E-state index in [4.69, 9.17) is 4.74 Å². The lowest BCUT2D eigenvalue weighted by molar-refractivity contribution is -0.123. The molecule has 0 aromatic heterocycles. The van der Waals surface area contributed by atoms with Crippen LogP contribution in [0.3, 0.4) is 0 Å². The highest BCUT2D eigenvalue weighted by Gasteiger charge is 2.17. The number of carbonyl (C=O) groups is 1. The Kier molecular flexibility index (Phi) is 5.90. The van der Waals surface area contributed by atoms with Crippen molar-refractivity contribution >= 4 is 15.9 Å². The monoisotopic (exact) mass is 333 g/mol. The van der Waals surface area contributed by atoms with Crippen LogP contribution in [0.1, 0.15) is 13.3 Å². The van der Waals surface area contributed by atoms with E-state index in [1.807, 2.05) is 42.0 Å². The summed E-state index contributed by atoms with van der Waals surface area (Å²) in [5, 5.41) is 0. The van der Waals surface area contributed by atoms with E-state index < -0.39 is 15.9 Å². The summed E-state index contributed by atoms with van der Waals surface area (Å²) >= 11 is 0. The van der Waals surface area contributed by atoms with Gasteiger partial charge in [-0.25, -0.2) is 13.1 Å². The van der Waals surface area contributed by atoms with Crippen molar-refractivity contribution < 1.29 is 17.9 Å². The Morgan fingerprint density at radius 3 is 2.22 bits per heavy atom. The molecule has 0 aliphatic heterocycles. The number of nitrogens with one attached hydrogen (secondary N) is 1. The van der Waals surface area contributed by atoms with Gasteiger partial charge in [0.1, 0.15) is 6.61 Å². The summed E-state index contributed by atoms with van der Waals surface area (Å²) in [6.07, 6.45) is 0.765. The zero-order chi connectivity index (χ0) is 16.7. The molecule has 0 aliphatic rings. The average Bonchev–Trinajstić information content (AvgIpc) is 2.55. The highest BCUT2D eigenvalue weighted by atomic mass is 32.2. The number of carbonyl (C=O) groups excluding carboxylic acids is 1. The van der Waals surface area contributed by atoms with Crippen molar-refractivity contribution in [3.05, 3.63) is 54.6 Å². The van der Waals surface area contributed by atoms with Crippen molar-refractivity contribution in [3.63, 3.8) is 0 Å². The molecule has 0 saturated heterocycles. The molecule has 2 rings (SSSR count). The largest absolute Gasteiger partial charge is 0.372 e. The molecule has 6 heteroatoms. The SMILES string of the molecule is CCCOCC(=O)NS(=O)(=O)c1ccc(-c2ccccc2)cc1. The molecule has 122 valence electrons. The van der Waals surface area contributed by atoms with Crippen LogP contribution < -0.4 is 4.72 Å². The molecule has 5 nitrogen and oxygen atoms in total. The molecule has 0 atom stereocenters. The van der Waals surface area contributed by atoms with Gasteiger partial charge in [-0.3, -0.25) is 4.79 Å². The number of benzene rings is 2. The molecule has 0 spiro atoms. The number of hydrogen-bond donors (Lipinski definition) is 1. The second-order valence-electron chi connectivity index (χ2n) is 4.97. The summed E-state index contributed by atoms with van der Waals surface area (Å²) in [7, 11) is -3.88. The van der Waals surface area contributed by atoms with E-state index in [2.05, 4.69) is 0 Å². The van der Waals surface area contributed by atoms with E-state index in [9.17, 15) is 13.2 Å². The van der Waals surface area contributed by atoms with Crippen LogP contribution >= 0.6 is 0 Å². The lowest BCUT2D eigenvalue weighted by atomic mass is 10.1. The first-order valence-corrected chi connectivity index (χ1v) is 8.80. The van der Waals surface area contributed by atoms with Crippen molar-refractivity contribution in [1.29, 1.82) is 0 Å². The number of hydrogen-bond acceptors (Lipinski definition) is 4. The van der Waals surface area contributed by atoms with Gasteiger partial charge in [-0.05, 0) is 29.7 Å². The Morgan fingerprint density at radius 2 is 1.61 bits per heavy atom. The number of rotatable bonds is 7. The van der Waals surface area contributed by atoms with Gasteiger partial charge in [-0.1, -0.05) is 49.4 Å². The Hall–Kier alpha value is -2.18. The smallest absolute Gasteiger partial charge is 0.264 e. The van der Waals surface area contributed by atoms with Crippen LogP contribution in [0.2, 0.25) is 0 Å². The molecule has 0 fully saturated rings. The fourth-order valence-corrected chi connectivity index (χ4v) is 2.98. The fraction of sp³-hybridized carbons (Fsp3) is 0.235. The van der Waals surface area contributed by atoms with Gasteiger partial charge in [0.05, 0.1) is 4.90 Å². The summed E-state index contributed by atoms with van der Waals surface area (Å²) in [5.41, 5.74) is 1.90. The van der Waals surface area contributed by atoms with E-state index in [1.165, 1.54) is 12.1 Å². The summed E-state index contributed by atoms with van der Waals surface area (Å²) in [5.74, 6) is -0.675. The van der Waals surface area contributed by atoms with Gasteiger partial charge >= 0.3 is 0 Å². The van der Waals surface area contributed by atoms with Gasteiger partial charge in [0.25, 0.3) is 15.9 Å². The Bertz CT molecular complexity index is 740. The summed E-state index contributed by atoms with van der Waals surface area (Å²) in [4.78, 5) is 11.6. The highest BCUT2D eigenvalue weighted by molar-refractivity contribution is 7.90. The molecular formula is C17H19NO4S. The summed E-state index contributed by atoms with van der Waals surface area (Å²) in [6, 6.07) is 16.0. The van der Waals surface area contributed by atoms with Crippen molar-refractivity contribution in [2.45, 2.75) is 18.2 Å². The topological polar surface area (TPSA) is 72.5 Å². The first-order valence-electron chi connectivity index (χ1n) is 7.32. The second kappa shape index (κ2) is 7.89. The molecule has 1 N–H and O–H groups in total. The molecular weight excluding hydrogens is 314 g/mol. The lowest BCUT2D eigenvalue weighted by Crippen LogP contribution is -2.33. The Morgan fingerprint density at radius 1 is 1.00 bits per heavy atom. The van der Waals surface area contributed by atoms with Crippen molar-refractivity contribution in [2.75, 3.05) is 13.2 Å². The average molecular weight is 333 g/mol. The summed E-state index contributed by atoms with van der Waals surface area (Å²) in [6.45, 7) is 2.05. The van der Waals surface area contributed by atoms with Crippen LogP contribution in [0.15, 0.2) is 59.5 Å². The molecule has 0 aliphatic carbocycles. The first-order chi connectivity index (χ1) is 11.0. The third-order valence-corrected chi connectivity index (χ3v) is 4.49. The number of ether oxygens (including phenoxy) is 1. The molecule has 0 radical (unpaired) electrons. The molecule has 2 aromatic rings. The van der Waals surface area contributed by atoms with Crippen LogP contribution in [0.25, 0.3) is 11.1 Å². The zero-order valence-electron chi connectivity index (χ0n) is 12.9. The van der Waals surface area contributed by atoms with E-state index >= 15 is 0 Å². The third-order valence-electron chi connectivity index (χ3n) is 3.10. The molecule has 0 bridgehead atoms. The normalized spacial score (nSPS) is 11.2. The van der Waals surface area contributed by atoms with Crippen molar-refractivity contribution in [2.24, 2.45) is 0 Å². The fourth-order valence-electron chi connectivity index (χ4n) is 2.00. The van der Waals surface area contributed by atoms with E-state index in [0.717, 1.165) is 17.5 Å². The summed E-state index contributed by atoms with van der Waals surface area (Å²) < 4.78 is 31.3. The van der Waals surface area contributed by atoms with Crippen LogP contribution in [0, 0.1) is 0 Å². The van der Waals surface area contributed by atoms with Gasteiger partial charge in [0, 0.05) is 6.61 Å². The Balaban J connectivity index is 2.07. The van der Waals surface area contributed by atoms with E-state index in [0.29, 0.717) is 6.61 Å². The number of sulfonamides is 1. The maximum absolute atomic E-state index is 12.1. The van der Waals surface area contributed by atoms with Gasteiger partial charge in [-0.15, -0.1) is 0 Å². The predicted octanol–water partition coefficient (Wildman–Crippen LogP) is 2.59. The maximum atomic E-state index is 12.1. The van der Waals surface area contributed by atoms with Crippen LogP contribution in [0.4, 0.5) is 0 Å². The highest BCUT2D eigenvalue weighted by Crippen LogP contribution is 2.20. The Labute approximate surface area is 136 Å². The van der Waals surface area contributed by atoms with Crippen molar-refractivity contribution in [1.82, 2.24) is 4.72 Å². The standard InChI is InChI=1S/C17H19NO4S/c1-2-12-22-13-17(19)18-23(20,21)16-10-8-15(9-11-16)14-6-4-3-5-7-14/h3-11H,2,12-13H2,1H3,(H,18,19). The third kappa shape index (κ3) is 4.91. The molecule has 1 amide bonds. The van der Waals surface area contributed by atoms with Crippen LogP contribution in [0.5, 0.6) is 0 Å². The lowest BCUT2D eigenvalue weighted by Gasteiger charge is -2.08. The van der Waals surface area contributed by atoms with Crippen LogP contribution in [-0.2, 0) is 19.6 Å². The van der Waals surface area contributed by atoms with Gasteiger partial charge in [0.15, 0.2) is 0 Å². The first kappa shape index (κ1) is 17.2. The molecule has 23 heavy (non-hydrogen) atoms. The van der Waals surface area contributed by atoms with E-state index in [1.54, 1.807) is 12.1 Å². The maximum Gasteiger partial charge on any atom is 0.264 e. The second-order valence-corrected chi connectivity index (χ2v) is 6.65. The molecule has 2 aromatic carbocycles. The van der Waals surface area contributed by atoms with Crippen LogP contribution in [-0.4, -0.2) is 27.5 Å². The molecule has 0 unspecified atom stereocenters. The van der Waals surface area contributed by atoms with Crippen molar-refractivity contribution in [3.8, 4) is 11.1 Å². The zero-order valence-corrected chi connectivity index (χ0v) is 13.7. The minimum atomic E-state index is -3.88.